The smallest absolute Gasteiger partial charge is 0.164 e. The van der Waals surface area contributed by atoms with Crippen molar-refractivity contribution in [3.05, 3.63) is 176 Å². The van der Waals surface area contributed by atoms with Crippen LogP contribution in [0, 0.1) is 0 Å². The maximum Gasteiger partial charge on any atom is 0.164 e. The van der Waals surface area contributed by atoms with E-state index in [2.05, 4.69) is 13.8 Å². The summed E-state index contributed by atoms with van der Waals surface area (Å²) in [5, 5.41) is 0. The molecule has 0 spiro atoms. The van der Waals surface area contributed by atoms with Crippen molar-refractivity contribution in [1.29, 1.82) is 0 Å². The standard InChI is InChI=1S/C48H35N9/c1-31(2)40-49-41(32-16-7-3-8-17-32)55-47(50-40)38-24-15-25-39(30-38)48-56-44(35-22-13-6-14-23-35)54-46(57-48)37-28-26-36(27-29-37)45-52-42(33-18-9-4-10-19-33)51-43(53-45)34-20-11-5-12-21-34/h3-31H,1-2H3. The summed E-state index contributed by atoms with van der Waals surface area (Å²) in [5.41, 5.74) is 6.96. The number of nitrogens with zero attached hydrogens (tertiary/aromatic N) is 9. The predicted molar refractivity (Wildman–Crippen MR) is 224 cm³/mol. The van der Waals surface area contributed by atoms with Gasteiger partial charge in [0.25, 0.3) is 0 Å². The SMILES string of the molecule is CC(C)c1nc(-c2ccccc2)nc(-c2cccc(-c3nc(-c4ccccc4)nc(-c4ccc(-c5nc(-c6ccccc6)nc(-c6ccccc6)n5)cc4)n3)c2)n1. The lowest BCUT2D eigenvalue weighted by atomic mass is 10.1. The van der Waals surface area contributed by atoms with Gasteiger partial charge in [-0.05, 0) is 6.07 Å². The summed E-state index contributed by atoms with van der Waals surface area (Å²) < 4.78 is 0. The molecule has 3 heterocycles. The molecular formula is C48H35N9. The Labute approximate surface area is 330 Å². The maximum absolute atomic E-state index is 5.04. The number of rotatable bonds is 9. The Bertz CT molecular complexity index is 2740. The Hall–Kier alpha value is -7.65. The van der Waals surface area contributed by atoms with Crippen molar-refractivity contribution in [2.24, 2.45) is 0 Å². The van der Waals surface area contributed by atoms with Gasteiger partial charge in [0, 0.05) is 50.4 Å². The van der Waals surface area contributed by atoms with E-state index in [1.807, 2.05) is 170 Å². The number of aromatic nitrogens is 9. The minimum atomic E-state index is 0.116. The van der Waals surface area contributed by atoms with Crippen LogP contribution in [-0.2, 0) is 0 Å². The number of hydrogen-bond acceptors (Lipinski definition) is 9. The molecule has 9 nitrogen and oxygen atoms in total. The number of hydrogen-bond donors (Lipinski definition) is 0. The van der Waals surface area contributed by atoms with Crippen LogP contribution in [0.1, 0.15) is 25.6 Å². The molecule has 6 aromatic carbocycles. The first-order valence-electron chi connectivity index (χ1n) is 18.8. The summed E-state index contributed by atoms with van der Waals surface area (Å²) in [6, 6.07) is 55.8. The molecule has 0 atom stereocenters. The first kappa shape index (κ1) is 35.1. The van der Waals surface area contributed by atoms with E-state index in [4.69, 9.17) is 44.9 Å². The highest BCUT2D eigenvalue weighted by molar-refractivity contribution is 5.73. The van der Waals surface area contributed by atoms with Gasteiger partial charge in [0.1, 0.15) is 5.82 Å². The lowest BCUT2D eigenvalue weighted by molar-refractivity contribution is 0.766. The monoisotopic (exact) mass is 737 g/mol. The molecule has 0 aliphatic carbocycles. The maximum atomic E-state index is 5.04. The van der Waals surface area contributed by atoms with Crippen LogP contribution < -0.4 is 0 Å². The predicted octanol–water partition coefficient (Wildman–Crippen LogP) is 10.7. The first-order chi connectivity index (χ1) is 28.0. The molecule has 0 bridgehead atoms. The zero-order valence-corrected chi connectivity index (χ0v) is 31.3. The molecule has 0 amide bonds. The molecule has 0 radical (unpaired) electrons. The van der Waals surface area contributed by atoms with E-state index >= 15 is 0 Å². The third-order valence-corrected chi connectivity index (χ3v) is 9.35. The van der Waals surface area contributed by atoms with Gasteiger partial charge in [0.15, 0.2) is 46.6 Å². The highest BCUT2D eigenvalue weighted by Gasteiger charge is 2.17. The van der Waals surface area contributed by atoms with Gasteiger partial charge in [0.05, 0.1) is 0 Å². The molecule has 0 saturated carbocycles. The summed E-state index contributed by atoms with van der Waals surface area (Å²) >= 11 is 0. The summed E-state index contributed by atoms with van der Waals surface area (Å²) in [7, 11) is 0. The van der Waals surface area contributed by atoms with Crippen LogP contribution >= 0.6 is 0 Å². The first-order valence-corrected chi connectivity index (χ1v) is 18.8. The van der Waals surface area contributed by atoms with Crippen LogP contribution in [0.25, 0.3) is 91.1 Å². The second-order valence-electron chi connectivity index (χ2n) is 13.7. The Balaban J connectivity index is 1.11. The molecule has 0 N–H and O–H groups in total. The average molecular weight is 738 g/mol. The molecule has 0 aliphatic rings. The molecule has 9 heteroatoms. The van der Waals surface area contributed by atoms with Crippen molar-refractivity contribution >= 4 is 0 Å². The summed E-state index contributed by atoms with van der Waals surface area (Å²) in [5.74, 6) is 5.49. The van der Waals surface area contributed by atoms with Crippen LogP contribution in [0.2, 0.25) is 0 Å². The lowest BCUT2D eigenvalue weighted by Crippen LogP contribution is -2.05. The Kier molecular flexibility index (Phi) is 9.60. The Morgan fingerprint density at radius 1 is 0.246 bits per heavy atom. The van der Waals surface area contributed by atoms with Crippen LogP contribution in [0.4, 0.5) is 0 Å². The lowest BCUT2D eigenvalue weighted by Gasteiger charge is -2.12. The fourth-order valence-electron chi connectivity index (χ4n) is 6.35. The number of benzene rings is 6. The zero-order valence-electron chi connectivity index (χ0n) is 31.3. The molecule has 0 unspecified atom stereocenters. The molecule has 9 rings (SSSR count). The minimum absolute atomic E-state index is 0.116. The summed E-state index contributed by atoms with van der Waals surface area (Å²) in [6.07, 6.45) is 0. The van der Waals surface area contributed by atoms with Crippen molar-refractivity contribution < 1.29 is 0 Å². The third kappa shape index (κ3) is 7.67. The average Bonchev–Trinajstić information content (AvgIpc) is 3.30. The highest BCUT2D eigenvalue weighted by atomic mass is 15.1. The van der Waals surface area contributed by atoms with E-state index in [0.717, 1.165) is 50.3 Å². The molecule has 0 saturated heterocycles. The zero-order chi connectivity index (χ0) is 38.6. The van der Waals surface area contributed by atoms with E-state index < -0.39 is 0 Å². The van der Waals surface area contributed by atoms with Crippen LogP contribution in [0.15, 0.2) is 170 Å². The molecule has 9 aromatic rings. The van der Waals surface area contributed by atoms with Gasteiger partial charge in [-0.2, -0.15) is 0 Å². The quantitative estimate of drug-likeness (QED) is 0.143. The van der Waals surface area contributed by atoms with Crippen molar-refractivity contribution in [3.8, 4) is 91.1 Å². The minimum Gasteiger partial charge on any atom is -0.213 e. The summed E-state index contributed by atoms with van der Waals surface area (Å²) in [6.45, 7) is 4.17. The third-order valence-electron chi connectivity index (χ3n) is 9.35. The van der Waals surface area contributed by atoms with E-state index in [9.17, 15) is 0 Å². The van der Waals surface area contributed by atoms with Crippen molar-refractivity contribution in [2.75, 3.05) is 0 Å². The molecule has 0 fully saturated rings. The van der Waals surface area contributed by atoms with Gasteiger partial charge in [-0.15, -0.1) is 0 Å². The van der Waals surface area contributed by atoms with E-state index in [1.54, 1.807) is 0 Å². The second kappa shape index (κ2) is 15.6. The van der Waals surface area contributed by atoms with Crippen LogP contribution in [0.5, 0.6) is 0 Å². The van der Waals surface area contributed by atoms with Crippen molar-refractivity contribution in [2.45, 2.75) is 19.8 Å². The molecule has 57 heavy (non-hydrogen) atoms. The van der Waals surface area contributed by atoms with Gasteiger partial charge >= 0.3 is 0 Å². The van der Waals surface area contributed by atoms with Crippen molar-refractivity contribution in [1.82, 2.24) is 44.9 Å². The van der Waals surface area contributed by atoms with Crippen LogP contribution in [-0.4, -0.2) is 44.9 Å². The largest absolute Gasteiger partial charge is 0.213 e. The fourth-order valence-corrected chi connectivity index (χ4v) is 6.35. The van der Waals surface area contributed by atoms with E-state index in [1.165, 1.54) is 0 Å². The Morgan fingerprint density at radius 2 is 0.474 bits per heavy atom. The van der Waals surface area contributed by atoms with Crippen molar-refractivity contribution in [3.63, 3.8) is 0 Å². The fraction of sp³-hybridized carbons (Fsp3) is 0.0625. The van der Waals surface area contributed by atoms with E-state index in [0.29, 0.717) is 46.6 Å². The second-order valence-corrected chi connectivity index (χ2v) is 13.7. The highest BCUT2D eigenvalue weighted by Crippen LogP contribution is 2.30. The van der Waals surface area contributed by atoms with Gasteiger partial charge in [-0.1, -0.05) is 178 Å². The molecule has 272 valence electrons. The van der Waals surface area contributed by atoms with E-state index in [-0.39, 0.29) is 5.92 Å². The van der Waals surface area contributed by atoms with Gasteiger partial charge in [0.2, 0.25) is 0 Å². The van der Waals surface area contributed by atoms with Crippen LogP contribution in [0.3, 0.4) is 0 Å². The Morgan fingerprint density at radius 3 is 0.772 bits per heavy atom. The molecule has 0 aliphatic heterocycles. The topological polar surface area (TPSA) is 116 Å². The van der Waals surface area contributed by atoms with Gasteiger partial charge in [-0.3, -0.25) is 0 Å². The van der Waals surface area contributed by atoms with Gasteiger partial charge < -0.3 is 0 Å². The summed E-state index contributed by atoms with van der Waals surface area (Å²) in [4.78, 5) is 44.2. The normalized spacial score (nSPS) is 11.1. The van der Waals surface area contributed by atoms with Gasteiger partial charge in [-0.25, -0.2) is 44.9 Å². The molecular weight excluding hydrogens is 703 g/mol. The molecule has 3 aromatic heterocycles.